The highest BCUT2D eigenvalue weighted by atomic mass is 16.5. The molecule has 11 heavy (non-hydrogen) atoms. The van der Waals surface area contributed by atoms with Gasteiger partial charge in [0.1, 0.15) is 12.4 Å². The minimum Gasteiger partial charge on any atom is -0.489 e. The summed E-state index contributed by atoms with van der Waals surface area (Å²) >= 11 is 0. The van der Waals surface area contributed by atoms with Crippen LogP contribution in [0.1, 0.15) is 6.92 Å². The third-order valence-electron chi connectivity index (χ3n) is 1.13. The van der Waals surface area contributed by atoms with Crippen molar-refractivity contribution in [2.45, 2.75) is 6.92 Å². The fourth-order valence-corrected chi connectivity index (χ4v) is 0.641. The molecule has 0 spiro atoms. The molecule has 1 heterocycles. The summed E-state index contributed by atoms with van der Waals surface area (Å²) in [7, 11) is 0. The van der Waals surface area contributed by atoms with E-state index in [0.29, 0.717) is 6.61 Å². The second-order valence-corrected chi connectivity index (χ2v) is 2.43. The van der Waals surface area contributed by atoms with Gasteiger partial charge in [0.05, 0.1) is 0 Å². The molecule has 58 valence electrons. The van der Waals surface area contributed by atoms with Gasteiger partial charge in [0, 0.05) is 12.4 Å². The third-order valence-corrected chi connectivity index (χ3v) is 1.13. The van der Waals surface area contributed by atoms with Crippen LogP contribution in [0.15, 0.2) is 36.7 Å². The highest BCUT2D eigenvalue weighted by Crippen LogP contribution is 2.07. The van der Waals surface area contributed by atoms with Gasteiger partial charge in [-0.3, -0.25) is 4.98 Å². The molecule has 1 aromatic rings. The van der Waals surface area contributed by atoms with Crippen molar-refractivity contribution in [2.75, 3.05) is 6.61 Å². The molecule has 2 nitrogen and oxygen atoms in total. The molecule has 0 N–H and O–H groups in total. The molecule has 0 atom stereocenters. The van der Waals surface area contributed by atoms with Crippen LogP contribution in [0.5, 0.6) is 5.75 Å². The molecule has 1 rings (SSSR count). The highest BCUT2D eigenvalue weighted by Gasteiger charge is 1.89. The zero-order valence-electron chi connectivity index (χ0n) is 6.58. The molecule has 0 aliphatic rings. The number of hydrogen-bond donors (Lipinski definition) is 0. The third kappa shape index (κ3) is 2.85. The number of rotatable bonds is 3. The molecule has 0 unspecified atom stereocenters. The first kappa shape index (κ1) is 7.79. The molecule has 2 heteroatoms. The van der Waals surface area contributed by atoms with E-state index >= 15 is 0 Å². The van der Waals surface area contributed by atoms with Crippen LogP contribution in [0.25, 0.3) is 0 Å². The normalized spacial score (nSPS) is 9.18. The summed E-state index contributed by atoms with van der Waals surface area (Å²) in [6.45, 7) is 6.23. The van der Waals surface area contributed by atoms with Crippen molar-refractivity contribution in [3.05, 3.63) is 36.7 Å². The SMILES string of the molecule is C=C(C)COc1ccncc1. The summed E-state index contributed by atoms with van der Waals surface area (Å²) in [5.41, 5.74) is 1.02. The molecular weight excluding hydrogens is 138 g/mol. The second kappa shape index (κ2) is 3.76. The Morgan fingerprint density at radius 3 is 2.73 bits per heavy atom. The first-order valence-corrected chi connectivity index (χ1v) is 3.46. The number of aromatic nitrogens is 1. The molecule has 0 aliphatic carbocycles. The Morgan fingerprint density at radius 1 is 1.55 bits per heavy atom. The van der Waals surface area contributed by atoms with E-state index in [1.807, 2.05) is 19.1 Å². The molecule has 0 bridgehead atoms. The van der Waals surface area contributed by atoms with Gasteiger partial charge in [-0.15, -0.1) is 0 Å². The largest absolute Gasteiger partial charge is 0.489 e. The minimum atomic E-state index is 0.573. The topological polar surface area (TPSA) is 22.1 Å². The Labute approximate surface area is 66.5 Å². The predicted molar refractivity (Wildman–Crippen MR) is 44.5 cm³/mol. The van der Waals surface area contributed by atoms with Crippen molar-refractivity contribution in [1.29, 1.82) is 0 Å². The van der Waals surface area contributed by atoms with E-state index in [2.05, 4.69) is 11.6 Å². The summed E-state index contributed by atoms with van der Waals surface area (Å²) in [5, 5.41) is 0. The van der Waals surface area contributed by atoms with Crippen molar-refractivity contribution in [3.63, 3.8) is 0 Å². The molecule has 0 aromatic carbocycles. The van der Waals surface area contributed by atoms with Gasteiger partial charge in [-0.25, -0.2) is 0 Å². The minimum absolute atomic E-state index is 0.573. The van der Waals surface area contributed by atoms with Crippen LogP contribution in [0, 0.1) is 0 Å². The van der Waals surface area contributed by atoms with E-state index in [0.717, 1.165) is 11.3 Å². The Morgan fingerprint density at radius 2 is 2.18 bits per heavy atom. The van der Waals surface area contributed by atoms with E-state index in [1.54, 1.807) is 12.4 Å². The van der Waals surface area contributed by atoms with Crippen LogP contribution in [-0.4, -0.2) is 11.6 Å². The first-order chi connectivity index (χ1) is 5.29. The van der Waals surface area contributed by atoms with Crippen LogP contribution in [0.4, 0.5) is 0 Å². The van der Waals surface area contributed by atoms with Crippen molar-refractivity contribution < 1.29 is 4.74 Å². The van der Waals surface area contributed by atoms with Gasteiger partial charge in [-0.05, 0) is 24.6 Å². The second-order valence-electron chi connectivity index (χ2n) is 2.43. The van der Waals surface area contributed by atoms with Crippen LogP contribution < -0.4 is 4.74 Å². The van der Waals surface area contributed by atoms with Crippen LogP contribution in [0.3, 0.4) is 0 Å². The maximum atomic E-state index is 5.33. The molecular formula is C9H11NO. The standard InChI is InChI=1S/C9H11NO/c1-8(2)7-11-9-3-5-10-6-4-9/h3-6H,1,7H2,2H3. The van der Waals surface area contributed by atoms with Gasteiger partial charge >= 0.3 is 0 Å². The molecule has 0 radical (unpaired) electrons. The molecule has 0 saturated heterocycles. The Hall–Kier alpha value is -1.31. The Bertz CT molecular complexity index is 231. The average molecular weight is 149 g/mol. The van der Waals surface area contributed by atoms with Crippen molar-refractivity contribution in [2.24, 2.45) is 0 Å². The fourth-order valence-electron chi connectivity index (χ4n) is 0.641. The quantitative estimate of drug-likeness (QED) is 0.613. The van der Waals surface area contributed by atoms with Crippen LogP contribution >= 0.6 is 0 Å². The van der Waals surface area contributed by atoms with E-state index in [4.69, 9.17) is 4.74 Å². The number of ether oxygens (including phenoxy) is 1. The lowest BCUT2D eigenvalue weighted by Crippen LogP contribution is -1.96. The van der Waals surface area contributed by atoms with Gasteiger partial charge < -0.3 is 4.74 Å². The maximum Gasteiger partial charge on any atom is 0.122 e. The number of hydrogen-bond acceptors (Lipinski definition) is 2. The van der Waals surface area contributed by atoms with E-state index in [9.17, 15) is 0 Å². The van der Waals surface area contributed by atoms with Gasteiger partial charge in [-0.2, -0.15) is 0 Å². The van der Waals surface area contributed by atoms with Gasteiger partial charge in [-0.1, -0.05) is 6.58 Å². The van der Waals surface area contributed by atoms with Crippen molar-refractivity contribution in [3.8, 4) is 5.75 Å². The van der Waals surface area contributed by atoms with Gasteiger partial charge in [0.2, 0.25) is 0 Å². The molecule has 0 aliphatic heterocycles. The van der Waals surface area contributed by atoms with Gasteiger partial charge in [0.25, 0.3) is 0 Å². The summed E-state index contributed by atoms with van der Waals surface area (Å²) in [5.74, 6) is 0.836. The molecule has 1 aromatic heterocycles. The van der Waals surface area contributed by atoms with E-state index < -0.39 is 0 Å². The maximum absolute atomic E-state index is 5.33. The van der Waals surface area contributed by atoms with Crippen LogP contribution in [-0.2, 0) is 0 Å². The van der Waals surface area contributed by atoms with Crippen molar-refractivity contribution in [1.82, 2.24) is 4.98 Å². The number of nitrogens with zero attached hydrogens (tertiary/aromatic N) is 1. The molecule has 0 fully saturated rings. The fraction of sp³-hybridized carbons (Fsp3) is 0.222. The molecule has 0 amide bonds. The monoisotopic (exact) mass is 149 g/mol. The lowest BCUT2D eigenvalue weighted by molar-refractivity contribution is 0.352. The average Bonchev–Trinajstić information content (AvgIpc) is 2.03. The lowest BCUT2D eigenvalue weighted by Gasteiger charge is -2.03. The van der Waals surface area contributed by atoms with Crippen molar-refractivity contribution >= 4 is 0 Å². The summed E-state index contributed by atoms with van der Waals surface area (Å²) in [4.78, 5) is 3.87. The Kier molecular flexibility index (Phi) is 2.66. The predicted octanol–water partition coefficient (Wildman–Crippen LogP) is 2.04. The zero-order chi connectivity index (χ0) is 8.10. The summed E-state index contributed by atoms with van der Waals surface area (Å²) < 4.78 is 5.33. The smallest absolute Gasteiger partial charge is 0.122 e. The van der Waals surface area contributed by atoms with E-state index in [1.165, 1.54) is 0 Å². The van der Waals surface area contributed by atoms with Crippen LogP contribution in [0.2, 0.25) is 0 Å². The zero-order valence-corrected chi connectivity index (χ0v) is 6.58. The first-order valence-electron chi connectivity index (χ1n) is 3.46. The lowest BCUT2D eigenvalue weighted by atomic mass is 10.4. The highest BCUT2D eigenvalue weighted by molar-refractivity contribution is 5.17. The summed E-state index contributed by atoms with van der Waals surface area (Å²) in [6.07, 6.45) is 3.40. The van der Waals surface area contributed by atoms with E-state index in [-0.39, 0.29) is 0 Å². The van der Waals surface area contributed by atoms with Gasteiger partial charge in [0.15, 0.2) is 0 Å². The molecule has 0 saturated carbocycles. The summed E-state index contributed by atoms with van der Waals surface area (Å²) in [6, 6.07) is 3.64. The number of pyridine rings is 1. The Balaban J connectivity index is 2.45.